The van der Waals surface area contributed by atoms with Gasteiger partial charge in [0.1, 0.15) is 5.82 Å². The van der Waals surface area contributed by atoms with Gasteiger partial charge in [0, 0.05) is 37.0 Å². The van der Waals surface area contributed by atoms with Crippen LogP contribution in [0.4, 0.5) is 5.95 Å². The number of benzene rings is 2. The second-order valence-electron chi connectivity index (χ2n) is 10.7. The summed E-state index contributed by atoms with van der Waals surface area (Å²) in [5, 5.41) is 10.5. The first-order valence-corrected chi connectivity index (χ1v) is 13.9. The Hall–Kier alpha value is -3.48. The molecule has 1 saturated heterocycles. The van der Waals surface area contributed by atoms with E-state index in [1.165, 1.54) is 19.3 Å². The lowest BCUT2D eigenvalue weighted by Gasteiger charge is -2.42. The van der Waals surface area contributed by atoms with E-state index >= 15 is 0 Å². The van der Waals surface area contributed by atoms with Gasteiger partial charge in [0.25, 0.3) is 0 Å². The molecule has 1 saturated carbocycles. The van der Waals surface area contributed by atoms with Crippen molar-refractivity contribution in [2.45, 2.75) is 70.3 Å². The number of hydrogen-bond acceptors (Lipinski definition) is 5. The second-order valence-corrected chi connectivity index (χ2v) is 10.7. The maximum absolute atomic E-state index is 13.7. The summed E-state index contributed by atoms with van der Waals surface area (Å²) in [6.45, 7) is 6.42. The van der Waals surface area contributed by atoms with E-state index in [9.17, 15) is 4.79 Å². The van der Waals surface area contributed by atoms with Crippen LogP contribution >= 0.6 is 0 Å². The molecule has 0 radical (unpaired) electrons. The number of carbonyl (C=O) groups excluding carboxylic acids is 1. The molecule has 1 aliphatic carbocycles. The predicted octanol–water partition coefficient (Wildman–Crippen LogP) is 5.56. The highest BCUT2D eigenvalue weighted by Crippen LogP contribution is 2.35. The summed E-state index contributed by atoms with van der Waals surface area (Å²) in [6.07, 6.45) is 6.90. The van der Waals surface area contributed by atoms with Gasteiger partial charge in [-0.2, -0.15) is 0 Å². The topological polar surface area (TPSA) is 66.6 Å². The third-order valence-corrected chi connectivity index (χ3v) is 8.33. The molecule has 1 aliphatic heterocycles. The fraction of sp³-hybridized carbons (Fsp3) is 0.467. The first-order valence-electron chi connectivity index (χ1n) is 13.9. The van der Waals surface area contributed by atoms with Crippen molar-refractivity contribution in [1.82, 2.24) is 24.5 Å². The van der Waals surface area contributed by atoms with Gasteiger partial charge < -0.3 is 9.80 Å². The predicted molar refractivity (Wildman–Crippen MR) is 147 cm³/mol. The number of para-hydroxylation sites is 1. The van der Waals surface area contributed by atoms with Crippen molar-refractivity contribution in [2.24, 2.45) is 0 Å². The molecule has 0 N–H and O–H groups in total. The molecule has 0 bridgehead atoms. The van der Waals surface area contributed by atoms with Crippen LogP contribution in [0.5, 0.6) is 0 Å². The fourth-order valence-electron chi connectivity index (χ4n) is 6.33. The highest BCUT2D eigenvalue weighted by atomic mass is 16.2. The zero-order valence-electron chi connectivity index (χ0n) is 21.9. The van der Waals surface area contributed by atoms with Gasteiger partial charge in [0.15, 0.2) is 5.65 Å². The summed E-state index contributed by atoms with van der Waals surface area (Å²) in [6, 6.07) is 18.5. The summed E-state index contributed by atoms with van der Waals surface area (Å²) in [4.78, 5) is 23.2. The number of piperazine rings is 1. The molecule has 4 aromatic rings. The Kier molecular flexibility index (Phi) is 6.53. The maximum atomic E-state index is 13.7. The number of aromatic nitrogens is 4. The molecule has 0 spiro atoms. The van der Waals surface area contributed by atoms with Gasteiger partial charge in [-0.25, -0.2) is 9.38 Å². The van der Waals surface area contributed by atoms with Crippen LogP contribution in [0.1, 0.15) is 75.6 Å². The Labute approximate surface area is 218 Å². The number of amides is 1. The first kappa shape index (κ1) is 23.9. The minimum Gasteiger partial charge on any atom is -0.338 e. The third-order valence-electron chi connectivity index (χ3n) is 8.33. The van der Waals surface area contributed by atoms with Crippen molar-refractivity contribution < 1.29 is 4.79 Å². The van der Waals surface area contributed by atoms with Crippen LogP contribution < -0.4 is 4.90 Å². The summed E-state index contributed by atoms with van der Waals surface area (Å²) in [5.74, 6) is 2.50. The van der Waals surface area contributed by atoms with Crippen molar-refractivity contribution in [1.29, 1.82) is 0 Å². The van der Waals surface area contributed by atoms with Crippen LogP contribution in [0.15, 0.2) is 54.6 Å². The van der Waals surface area contributed by atoms with Gasteiger partial charge in [-0.15, -0.1) is 10.2 Å². The molecule has 2 aromatic carbocycles. The highest BCUT2D eigenvalue weighted by Gasteiger charge is 2.34. The number of rotatable bonds is 5. The quantitative estimate of drug-likeness (QED) is 0.362. The van der Waals surface area contributed by atoms with Gasteiger partial charge in [0.05, 0.1) is 11.4 Å². The molecule has 7 nitrogen and oxygen atoms in total. The van der Waals surface area contributed by atoms with Crippen LogP contribution in [0, 0.1) is 0 Å². The van der Waals surface area contributed by atoms with E-state index in [1.54, 1.807) is 0 Å². The van der Waals surface area contributed by atoms with Gasteiger partial charge in [-0.05, 0) is 43.9 Å². The summed E-state index contributed by atoms with van der Waals surface area (Å²) in [7, 11) is 0. The zero-order chi connectivity index (χ0) is 25.4. The number of carbonyl (C=O) groups is 1. The molecule has 7 heteroatoms. The first-order chi connectivity index (χ1) is 18.2. The maximum Gasteiger partial charge on any atom is 0.230 e. The summed E-state index contributed by atoms with van der Waals surface area (Å²) in [5.41, 5.74) is 2.93. The van der Waals surface area contributed by atoms with Gasteiger partial charge in [-0.3, -0.25) is 4.79 Å². The van der Waals surface area contributed by atoms with E-state index in [0.717, 1.165) is 66.2 Å². The molecule has 6 rings (SSSR count). The molecule has 2 atom stereocenters. The smallest absolute Gasteiger partial charge is 0.230 e. The molecule has 192 valence electrons. The second kappa shape index (κ2) is 10.1. The number of nitrogens with zero attached hydrogens (tertiary/aromatic N) is 6. The Morgan fingerprint density at radius 1 is 0.973 bits per heavy atom. The largest absolute Gasteiger partial charge is 0.338 e. The van der Waals surface area contributed by atoms with Crippen LogP contribution in [0.2, 0.25) is 0 Å². The Bertz CT molecular complexity index is 1390. The fourth-order valence-corrected chi connectivity index (χ4v) is 6.33. The van der Waals surface area contributed by atoms with Crippen LogP contribution in [0.3, 0.4) is 0 Å². The van der Waals surface area contributed by atoms with Crippen molar-refractivity contribution in [2.75, 3.05) is 24.5 Å². The molecule has 2 unspecified atom stereocenters. The van der Waals surface area contributed by atoms with Gasteiger partial charge in [-0.1, -0.05) is 68.7 Å². The van der Waals surface area contributed by atoms with E-state index in [1.807, 2.05) is 30.3 Å². The number of hydrogen-bond donors (Lipinski definition) is 0. The number of fused-ring (bicyclic) bond motifs is 3. The summed E-state index contributed by atoms with van der Waals surface area (Å²) < 4.78 is 2.22. The van der Waals surface area contributed by atoms with Crippen molar-refractivity contribution in [3.8, 4) is 0 Å². The standard InChI is InChI=1S/C30H36N6O/c1-3-24(22-12-6-4-7-13-22)29(37)35-19-18-34(20-21(35)2)30-31-26-17-11-10-16-25(26)28-33-32-27(36(28)30)23-14-8-5-9-15-23/h4,6-7,10-13,16-17,21,23-24H,3,5,8-9,14-15,18-20H2,1-2H3. The third kappa shape index (κ3) is 4.34. The van der Waals surface area contributed by atoms with Gasteiger partial charge in [0.2, 0.25) is 11.9 Å². The minimum absolute atomic E-state index is 0.0805. The lowest BCUT2D eigenvalue weighted by Crippen LogP contribution is -2.55. The molecule has 2 aromatic heterocycles. The van der Waals surface area contributed by atoms with E-state index in [2.05, 4.69) is 57.4 Å². The van der Waals surface area contributed by atoms with E-state index in [4.69, 9.17) is 10.1 Å². The van der Waals surface area contributed by atoms with Gasteiger partial charge >= 0.3 is 0 Å². The zero-order valence-corrected chi connectivity index (χ0v) is 21.9. The normalized spacial score (nSPS) is 20.0. The average molecular weight is 497 g/mol. The van der Waals surface area contributed by atoms with Crippen LogP contribution in [0.25, 0.3) is 16.6 Å². The molecule has 2 aliphatic rings. The van der Waals surface area contributed by atoms with Crippen LogP contribution in [-0.4, -0.2) is 56.1 Å². The molecule has 2 fully saturated rings. The Balaban J connectivity index is 1.33. The van der Waals surface area contributed by atoms with Crippen molar-refractivity contribution in [3.05, 3.63) is 66.0 Å². The monoisotopic (exact) mass is 496 g/mol. The minimum atomic E-state index is -0.101. The van der Waals surface area contributed by atoms with Crippen molar-refractivity contribution in [3.63, 3.8) is 0 Å². The molecule has 1 amide bonds. The molecular weight excluding hydrogens is 460 g/mol. The molecular formula is C30H36N6O. The highest BCUT2D eigenvalue weighted by molar-refractivity contribution is 5.92. The molecule has 37 heavy (non-hydrogen) atoms. The number of anilines is 1. The average Bonchev–Trinajstić information content (AvgIpc) is 3.40. The lowest BCUT2D eigenvalue weighted by atomic mass is 9.89. The SMILES string of the molecule is CCC(C(=O)N1CCN(c2nc3ccccc3c3nnc(C4CCCCC4)n23)CC1C)c1ccccc1. The summed E-state index contributed by atoms with van der Waals surface area (Å²) >= 11 is 0. The van der Waals surface area contributed by atoms with E-state index < -0.39 is 0 Å². The van der Waals surface area contributed by atoms with Crippen molar-refractivity contribution >= 4 is 28.4 Å². The van der Waals surface area contributed by atoms with Crippen LogP contribution in [-0.2, 0) is 4.79 Å². The lowest BCUT2D eigenvalue weighted by molar-refractivity contribution is -0.135. The van der Waals surface area contributed by atoms with E-state index in [0.29, 0.717) is 12.5 Å². The molecule has 3 heterocycles. The Morgan fingerprint density at radius 2 is 1.73 bits per heavy atom. The Morgan fingerprint density at radius 3 is 2.49 bits per heavy atom. The van der Waals surface area contributed by atoms with E-state index in [-0.39, 0.29) is 17.9 Å².